The molecule has 0 bridgehead atoms. The number of hydrogen-bond donors (Lipinski definition) is 1. The monoisotopic (exact) mass is 435 g/mol. The molecular weight excluding hydrogens is 406 g/mol. The van der Waals surface area contributed by atoms with Gasteiger partial charge in [0.1, 0.15) is 5.69 Å². The Morgan fingerprint density at radius 2 is 1.84 bits per heavy atom. The molecule has 32 heavy (non-hydrogen) atoms. The molecule has 4 rings (SSSR count). The summed E-state index contributed by atoms with van der Waals surface area (Å²) < 4.78 is 5.36. The number of benzene rings is 2. The fourth-order valence-electron chi connectivity index (χ4n) is 4.00. The lowest BCUT2D eigenvalue weighted by Gasteiger charge is -2.36. The summed E-state index contributed by atoms with van der Waals surface area (Å²) in [4.78, 5) is 15.8. The second-order valence-corrected chi connectivity index (χ2v) is 8.15. The van der Waals surface area contributed by atoms with Gasteiger partial charge in [0.05, 0.1) is 17.0 Å². The lowest BCUT2D eigenvalue weighted by atomic mass is 10.1. The number of nitro benzene ring substituents is 1. The lowest BCUT2D eigenvalue weighted by Crippen LogP contribution is -2.46. The number of piperazine rings is 1. The van der Waals surface area contributed by atoms with Gasteiger partial charge in [-0.15, -0.1) is 0 Å². The maximum atomic E-state index is 11.2. The second kappa shape index (κ2) is 10.4. The molecule has 0 radical (unpaired) electrons. The van der Waals surface area contributed by atoms with E-state index in [0.717, 1.165) is 45.7 Å². The third-order valence-electron chi connectivity index (χ3n) is 5.83. The Morgan fingerprint density at radius 1 is 1.09 bits per heavy atom. The quantitative estimate of drug-likeness (QED) is 0.310. The summed E-state index contributed by atoms with van der Waals surface area (Å²) >= 11 is 0. The first-order chi connectivity index (χ1) is 15.6. The second-order valence-electron chi connectivity index (χ2n) is 8.15. The van der Waals surface area contributed by atoms with E-state index in [4.69, 9.17) is 4.52 Å². The predicted molar refractivity (Wildman–Crippen MR) is 125 cm³/mol. The summed E-state index contributed by atoms with van der Waals surface area (Å²) in [5.41, 5.74) is 3.59. The van der Waals surface area contributed by atoms with Gasteiger partial charge in [-0.05, 0) is 44.6 Å². The molecule has 8 heteroatoms. The van der Waals surface area contributed by atoms with E-state index < -0.39 is 4.92 Å². The minimum absolute atomic E-state index is 0.0304. The molecule has 168 valence electrons. The Bertz CT molecular complexity index is 1030. The highest BCUT2D eigenvalue weighted by molar-refractivity contribution is 5.70. The Balaban J connectivity index is 1.16. The van der Waals surface area contributed by atoms with Gasteiger partial charge < -0.3 is 14.7 Å². The van der Waals surface area contributed by atoms with Gasteiger partial charge in [-0.25, -0.2) is 0 Å². The molecule has 1 fully saturated rings. The van der Waals surface area contributed by atoms with Crippen LogP contribution in [0, 0.1) is 17.0 Å². The highest BCUT2D eigenvalue weighted by Gasteiger charge is 2.18. The summed E-state index contributed by atoms with van der Waals surface area (Å²) in [6, 6.07) is 17.1. The molecule has 1 saturated heterocycles. The van der Waals surface area contributed by atoms with Gasteiger partial charge in [0.15, 0.2) is 5.76 Å². The Labute approximate surface area is 188 Å². The van der Waals surface area contributed by atoms with Crippen molar-refractivity contribution in [2.75, 3.05) is 44.2 Å². The summed E-state index contributed by atoms with van der Waals surface area (Å²) in [5, 5.41) is 18.6. The first-order valence-electron chi connectivity index (χ1n) is 11.0. The van der Waals surface area contributed by atoms with E-state index in [9.17, 15) is 10.1 Å². The molecular formula is C24H29N5O3. The van der Waals surface area contributed by atoms with E-state index in [1.165, 1.54) is 17.3 Å². The molecule has 1 aliphatic rings. The molecule has 0 aliphatic carbocycles. The first-order valence-corrected chi connectivity index (χ1v) is 11.0. The molecule has 0 unspecified atom stereocenters. The number of hydrogen-bond acceptors (Lipinski definition) is 7. The number of rotatable bonds is 9. The third kappa shape index (κ3) is 5.52. The number of nitro groups is 1. The first kappa shape index (κ1) is 22.0. The zero-order valence-electron chi connectivity index (χ0n) is 18.4. The highest BCUT2D eigenvalue weighted by Crippen LogP contribution is 2.28. The molecule has 1 N–H and O–H groups in total. The van der Waals surface area contributed by atoms with Crippen LogP contribution in [0.25, 0.3) is 11.3 Å². The van der Waals surface area contributed by atoms with Crippen molar-refractivity contribution in [2.24, 2.45) is 0 Å². The minimum atomic E-state index is -0.400. The van der Waals surface area contributed by atoms with Gasteiger partial charge in [0, 0.05) is 44.0 Å². The molecule has 0 saturated carbocycles. The third-order valence-corrected chi connectivity index (χ3v) is 5.83. The molecule has 2 heterocycles. The summed E-state index contributed by atoms with van der Waals surface area (Å²) in [6.45, 7) is 8.88. The molecule has 0 atom stereocenters. The summed E-state index contributed by atoms with van der Waals surface area (Å²) in [6.07, 6.45) is 1.05. The topological polar surface area (TPSA) is 87.7 Å². The summed E-state index contributed by atoms with van der Waals surface area (Å²) in [7, 11) is 0. The normalized spacial score (nSPS) is 14.6. The Morgan fingerprint density at radius 3 is 2.59 bits per heavy atom. The van der Waals surface area contributed by atoms with Gasteiger partial charge >= 0.3 is 0 Å². The van der Waals surface area contributed by atoms with Crippen molar-refractivity contribution in [2.45, 2.75) is 19.9 Å². The average Bonchev–Trinajstić information content (AvgIpc) is 3.29. The highest BCUT2D eigenvalue weighted by atomic mass is 16.6. The molecule has 1 aromatic heterocycles. The van der Waals surface area contributed by atoms with E-state index in [2.05, 4.69) is 51.5 Å². The number of aryl methyl sites for hydroxylation is 1. The van der Waals surface area contributed by atoms with Crippen LogP contribution in [0.15, 0.2) is 59.1 Å². The van der Waals surface area contributed by atoms with E-state index in [0.29, 0.717) is 23.6 Å². The number of anilines is 1. The van der Waals surface area contributed by atoms with Crippen LogP contribution < -0.4 is 10.2 Å². The van der Waals surface area contributed by atoms with Crippen molar-refractivity contribution in [3.05, 3.63) is 76.0 Å². The largest absolute Gasteiger partial charge is 0.369 e. The predicted octanol–water partition coefficient (Wildman–Crippen LogP) is 3.86. The fourth-order valence-corrected chi connectivity index (χ4v) is 4.00. The van der Waals surface area contributed by atoms with Gasteiger partial charge in [-0.3, -0.25) is 15.0 Å². The molecule has 3 aromatic rings. The Hall–Kier alpha value is -3.23. The zero-order valence-corrected chi connectivity index (χ0v) is 18.4. The van der Waals surface area contributed by atoms with Crippen LogP contribution in [0.5, 0.6) is 0 Å². The molecule has 8 nitrogen and oxygen atoms in total. The lowest BCUT2D eigenvalue weighted by molar-refractivity contribution is -0.384. The summed E-state index contributed by atoms with van der Waals surface area (Å²) in [5.74, 6) is 0.671. The van der Waals surface area contributed by atoms with Crippen LogP contribution in [0.4, 0.5) is 11.4 Å². The maximum absolute atomic E-state index is 11.2. The van der Waals surface area contributed by atoms with Gasteiger partial charge in [0.25, 0.3) is 5.69 Å². The molecule has 1 aliphatic heterocycles. The van der Waals surface area contributed by atoms with Crippen LogP contribution in [0.1, 0.15) is 17.7 Å². The number of aromatic nitrogens is 1. The zero-order chi connectivity index (χ0) is 22.3. The van der Waals surface area contributed by atoms with Crippen molar-refractivity contribution >= 4 is 11.4 Å². The van der Waals surface area contributed by atoms with Gasteiger partial charge in [-0.1, -0.05) is 35.0 Å². The SMILES string of the molecule is Cc1ccc(N2CCN(CCCNCc3cc(-c4ccccc4[N+](=O)[O-])no3)CC2)cc1. The van der Waals surface area contributed by atoms with Crippen molar-refractivity contribution in [3.63, 3.8) is 0 Å². The van der Waals surface area contributed by atoms with Crippen molar-refractivity contribution in [3.8, 4) is 11.3 Å². The van der Waals surface area contributed by atoms with Crippen molar-refractivity contribution in [1.29, 1.82) is 0 Å². The molecule has 0 spiro atoms. The average molecular weight is 436 g/mol. The van der Waals surface area contributed by atoms with Crippen LogP contribution in [0.3, 0.4) is 0 Å². The number of nitrogens with one attached hydrogen (secondary N) is 1. The van der Waals surface area contributed by atoms with Gasteiger partial charge in [-0.2, -0.15) is 0 Å². The van der Waals surface area contributed by atoms with E-state index in [1.54, 1.807) is 24.3 Å². The van der Waals surface area contributed by atoms with Crippen LogP contribution in [0.2, 0.25) is 0 Å². The Kier molecular flexibility index (Phi) is 7.14. The molecule has 2 aromatic carbocycles. The van der Waals surface area contributed by atoms with Crippen molar-refractivity contribution in [1.82, 2.24) is 15.4 Å². The van der Waals surface area contributed by atoms with Crippen LogP contribution in [-0.2, 0) is 6.54 Å². The number of para-hydroxylation sites is 1. The maximum Gasteiger partial charge on any atom is 0.278 e. The van der Waals surface area contributed by atoms with Crippen molar-refractivity contribution < 1.29 is 9.45 Å². The van der Waals surface area contributed by atoms with E-state index in [1.807, 2.05) is 0 Å². The van der Waals surface area contributed by atoms with Crippen LogP contribution >= 0.6 is 0 Å². The smallest absolute Gasteiger partial charge is 0.278 e. The fraction of sp³-hybridized carbons (Fsp3) is 0.375. The minimum Gasteiger partial charge on any atom is -0.369 e. The standard InChI is InChI=1S/C24H29N5O3/c1-19-7-9-20(10-8-19)28-15-13-27(14-16-28)12-4-11-25-18-21-17-23(26-32-21)22-5-2-3-6-24(22)29(30)31/h2-3,5-10,17,25H,4,11-16,18H2,1H3. The molecule has 0 amide bonds. The van der Waals surface area contributed by atoms with Crippen LogP contribution in [-0.4, -0.2) is 54.2 Å². The van der Waals surface area contributed by atoms with E-state index in [-0.39, 0.29) is 5.69 Å². The van der Waals surface area contributed by atoms with Gasteiger partial charge in [0.2, 0.25) is 0 Å². The van der Waals surface area contributed by atoms with E-state index >= 15 is 0 Å². The number of nitrogens with zero attached hydrogens (tertiary/aromatic N) is 4.